The summed E-state index contributed by atoms with van der Waals surface area (Å²) < 4.78 is 1.92. The molecule has 3 aromatic carbocycles. The van der Waals surface area contributed by atoms with Crippen LogP contribution in [0.3, 0.4) is 0 Å². The van der Waals surface area contributed by atoms with E-state index < -0.39 is 5.25 Å². The van der Waals surface area contributed by atoms with E-state index in [-0.39, 0.29) is 5.91 Å². The maximum atomic E-state index is 12.9. The molecular formula is C25H22Cl2N4OS. The van der Waals surface area contributed by atoms with Gasteiger partial charge in [-0.25, -0.2) is 0 Å². The molecule has 1 heterocycles. The van der Waals surface area contributed by atoms with E-state index in [9.17, 15) is 4.79 Å². The Bertz CT molecular complexity index is 1240. The average Bonchev–Trinajstić information content (AvgIpc) is 3.24. The lowest BCUT2D eigenvalue weighted by molar-refractivity contribution is -0.115. The Morgan fingerprint density at radius 3 is 2.15 bits per heavy atom. The van der Waals surface area contributed by atoms with Crippen LogP contribution >= 0.6 is 35.0 Å². The summed E-state index contributed by atoms with van der Waals surface area (Å²) in [7, 11) is 0. The number of halogens is 2. The number of aromatic nitrogens is 3. The highest BCUT2D eigenvalue weighted by Crippen LogP contribution is 2.31. The van der Waals surface area contributed by atoms with Crippen LogP contribution in [-0.4, -0.2) is 25.9 Å². The second-order valence-corrected chi connectivity index (χ2v) is 9.61. The lowest BCUT2D eigenvalue weighted by Crippen LogP contribution is -2.22. The molecule has 1 unspecified atom stereocenters. The summed E-state index contributed by atoms with van der Waals surface area (Å²) in [5, 5.41) is 13.3. The Morgan fingerprint density at radius 2 is 1.55 bits per heavy atom. The first-order valence-electron chi connectivity index (χ1n) is 10.5. The highest BCUT2D eigenvalue weighted by atomic mass is 35.5. The number of thioether (sulfide) groups is 1. The second-order valence-electron chi connectivity index (χ2n) is 7.42. The molecule has 1 aromatic heterocycles. The zero-order chi connectivity index (χ0) is 23.4. The van der Waals surface area contributed by atoms with Gasteiger partial charge >= 0.3 is 0 Å². The van der Waals surface area contributed by atoms with Gasteiger partial charge in [0.25, 0.3) is 0 Å². The number of aryl methyl sites for hydroxylation is 1. The fourth-order valence-corrected chi connectivity index (χ4v) is 4.35. The number of benzene rings is 3. The Hall–Kier alpha value is -2.80. The average molecular weight is 497 g/mol. The molecule has 33 heavy (non-hydrogen) atoms. The van der Waals surface area contributed by atoms with Gasteiger partial charge in [-0.3, -0.25) is 9.36 Å². The first kappa shape index (κ1) is 23.4. The van der Waals surface area contributed by atoms with Gasteiger partial charge in [-0.2, -0.15) is 0 Å². The first-order valence-corrected chi connectivity index (χ1v) is 12.1. The fraction of sp³-hybridized carbons (Fsp3) is 0.160. The van der Waals surface area contributed by atoms with Crippen molar-refractivity contribution in [2.75, 3.05) is 5.32 Å². The van der Waals surface area contributed by atoms with E-state index in [2.05, 4.69) is 22.4 Å². The normalized spacial score (nSPS) is 11.9. The minimum absolute atomic E-state index is 0.108. The standard InChI is InChI=1S/C25H22Cl2N4OS/c1-3-17-4-12-21(13-5-17)28-24(32)16(2)33-25-30-29-23(18-6-8-19(26)9-7-18)31(25)22-14-10-20(27)11-15-22/h4-16H,3H2,1-2H3,(H,28,32). The van der Waals surface area contributed by atoms with E-state index in [1.807, 2.05) is 84.3 Å². The Kier molecular flexibility index (Phi) is 7.38. The molecule has 0 aliphatic carbocycles. The zero-order valence-corrected chi connectivity index (χ0v) is 20.5. The van der Waals surface area contributed by atoms with Gasteiger partial charge in [0.1, 0.15) is 0 Å². The summed E-state index contributed by atoms with van der Waals surface area (Å²) >= 11 is 13.5. The van der Waals surface area contributed by atoms with Gasteiger partial charge in [0.2, 0.25) is 5.91 Å². The van der Waals surface area contributed by atoms with Crippen LogP contribution in [-0.2, 0) is 11.2 Å². The number of carbonyl (C=O) groups is 1. The number of nitrogens with one attached hydrogen (secondary N) is 1. The summed E-state index contributed by atoms with van der Waals surface area (Å²) in [6.45, 7) is 3.95. The molecule has 4 aromatic rings. The number of hydrogen-bond donors (Lipinski definition) is 1. The third kappa shape index (κ3) is 5.58. The predicted octanol–water partition coefficient (Wildman–Crippen LogP) is 6.92. The summed E-state index contributed by atoms with van der Waals surface area (Å²) in [5.41, 5.74) is 3.70. The van der Waals surface area contributed by atoms with Crippen molar-refractivity contribution in [1.82, 2.24) is 14.8 Å². The van der Waals surface area contributed by atoms with Crippen LogP contribution in [0, 0.1) is 0 Å². The maximum Gasteiger partial charge on any atom is 0.237 e. The van der Waals surface area contributed by atoms with Crippen molar-refractivity contribution >= 4 is 46.6 Å². The molecule has 4 rings (SSSR count). The summed E-state index contributed by atoms with van der Waals surface area (Å²) in [6.07, 6.45) is 0.955. The highest BCUT2D eigenvalue weighted by molar-refractivity contribution is 8.00. The van der Waals surface area contributed by atoms with Gasteiger partial charge in [-0.05, 0) is 79.6 Å². The number of anilines is 1. The molecule has 168 valence electrons. The molecule has 0 saturated heterocycles. The number of rotatable bonds is 7. The van der Waals surface area contributed by atoms with Crippen molar-refractivity contribution < 1.29 is 4.79 Å². The minimum Gasteiger partial charge on any atom is -0.325 e. The fourth-order valence-electron chi connectivity index (χ4n) is 3.23. The van der Waals surface area contributed by atoms with Gasteiger partial charge < -0.3 is 5.32 Å². The van der Waals surface area contributed by atoms with E-state index in [1.54, 1.807) is 0 Å². The largest absolute Gasteiger partial charge is 0.325 e. The van der Waals surface area contributed by atoms with Crippen LogP contribution < -0.4 is 5.32 Å². The van der Waals surface area contributed by atoms with Crippen molar-refractivity contribution in [3.63, 3.8) is 0 Å². The molecule has 5 nitrogen and oxygen atoms in total. The van der Waals surface area contributed by atoms with Gasteiger partial charge in [0.05, 0.1) is 5.25 Å². The molecule has 1 atom stereocenters. The molecule has 0 saturated carbocycles. The Labute approximate surface area is 207 Å². The Morgan fingerprint density at radius 1 is 0.939 bits per heavy atom. The van der Waals surface area contributed by atoms with E-state index in [1.165, 1.54) is 17.3 Å². The summed E-state index contributed by atoms with van der Waals surface area (Å²) in [6, 6.07) is 22.7. The number of nitrogens with zero attached hydrogens (tertiary/aromatic N) is 3. The molecule has 0 fully saturated rings. The summed E-state index contributed by atoms with van der Waals surface area (Å²) in [5.74, 6) is 0.544. The number of carbonyl (C=O) groups excluding carboxylic acids is 1. The molecule has 0 radical (unpaired) electrons. The molecule has 8 heteroatoms. The topological polar surface area (TPSA) is 59.8 Å². The number of amides is 1. The van der Waals surface area contributed by atoms with Crippen molar-refractivity contribution in [1.29, 1.82) is 0 Å². The minimum atomic E-state index is -0.399. The molecule has 0 aliphatic rings. The molecule has 0 spiro atoms. The van der Waals surface area contributed by atoms with Gasteiger partial charge in [-0.1, -0.05) is 54.0 Å². The van der Waals surface area contributed by atoms with Gasteiger partial charge in [0, 0.05) is 27.0 Å². The van der Waals surface area contributed by atoms with Crippen LogP contribution in [0.2, 0.25) is 10.0 Å². The van der Waals surface area contributed by atoms with E-state index >= 15 is 0 Å². The lowest BCUT2D eigenvalue weighted by atomic mass is 10.1. The van der Waals surface area contributed by atoms with Gasteiger partial charge in [-0.15, -0.1) is 10.2 Å². The molecule has 0 bridgehead atoms. The second kappa shape index (κ2) is 10.4. The SMILES string of the molecule is CCc1ccc(NC(=O)C(C)Sc2nnc(-c3ccc(Cl)cc3)n2-c2ccc(Cl)cc2)cc1. The van der Waals surface area contributed by atoms with Crippen molar-refractivity contribution in [3.05, 3.63) is 88.4 Å². The third-order valence-electron chi connectivity index (χ3n) is 5.10. The van der Waals surface area contributed by atoms with Crippen molar-refractivity contribution in [3.8, 4) is 17.1 Å². The molecule has 0 aliphatic heterocycles. The highest BCUT2D eigenvalue weighted by Gasteiger charge is 2.22. The zero-order valence-electron chi connectivity index (χ0n) is 18.1. The number of hydrogen-bond acceptors (Lipinski definition) is 4. The first-order chi connectivity index (χ1) is 15.9. The molecule has 1 amide bonds. The van der Waals surface area contributed by atoms with Gasteiger partial charge in [0.15, 0.2) is 11.0 Å². The quantitative estimate of drug-likeness (QED) is 0.282. The van der Waals surface area contributed by atoms with Crippen LogP contribution in [0.5, 0.6) is 0 Å². The van der Waals surface area contributed by atoms with Crippen LogP contribution in [0.4, 0.5) is 5.69 Å². The summed E-state index contributed by atoms with van der Waals surface area (Å²) in [4.78, 5) is 12.9. The third-order valence-corrected chi connectivity index (χ3v) is 6.65. The van der Waals surface area contributed by atoms with Crippen LogP contribution in [0.15, 0.2) is 78.0 Å². The van der Waals surface area contributed by atoms with E-state index in [0.717, 1.165) is 23.4 Å². The van der Waals surface area contributed by atoms with Crippen molar-refractivity contribution in [2.24, 2.45) is 0 Å². The molecular weight excluding hydrogens is 475 g/mol. The molecule has 1 N–H and O–H groups in total. The predicted molar refractivity (Wildman–Crippen MR) is 137 cm³/mol. The smallest absolute Gasteiger partial charge is 0.237 e. The van der Waals surface area contributed by atoms with E-state index in [4.69, 9.17) is 23.2 Å². The van der Waals surface area contributed by atoms with Crippen molar-refractivity contribution in [2.45, 2.75) is 30.7 Å². The maximum absolute atomic E-state index is 12.9. The monoisotopic (exact) mass is 496 g/mol. The lowest BCUT2D eigenvalue weighted by Gasteiger charge is -2.14. The Balaban J connectivity index is 1.61. The van der Waals surface area contributed by atoms with E-state index in [0.29, 0.717) is 21.0 Å². The van der Waals surface area contributed by atoms with Crippen LogP contribution in [0.1, 0.15) is 19.4 Å². The van der Waals surface area contributed by atoms with Crippen LogP contribution in [0.25, 0.3) is 17.1 Å².